The molecule has 0 spiro atoms. The summed E-state index contributed by atoms with van der Waals surface area (Å²) in [7, 11) is 0. The Morgan fingerprint density at radius 2 is 1.63 bits per heavy atom. The van der Waals surface area contributed by atoms with Crippen LogP contribution in [0.25, 0.3) is 0 Å². The summed E-state index contributed by atoms with van der Waals surface area (Å²) in [5, 5.41) is 0. The highest BCUT2D eigenvalue weighted by molar-refractivity contribution is 5.82. The number of carbonyl (C=O) groups is 1. The van der Waals surface area contributed by atoms with Crippen molar-refractivity contribution in [3.63, 3.8) is 0 Å². The van der Waals surface area contributed by atoms with Gasteiger partial charge in [0.2, 0.25) is 5.91 Å². The summed E-state index contributed by atoms with van der Waals surface area (Å²) in [6.45, 7) is 8.54. The zero-order valence-corrected chi connectivity index (χ0v) is 16.7. The van der Waals surface area contributed by atoms with Gasteiger partial charge in [0.25, 0.3) is 0 Å². The quantitative estimate of drug-likeness (QED) is 0.652. The SMILES string of the molecule is CC(C)C[C@@H]1C(=O)N([C@@H](C)c2ccccc2)C[C@H]1COCc1ccccc1. The fraction of sp³-hybridized carbons (Fsp3) is 0.458. The summed E-state index contributed by atoms with van der Waals surface area (Å²) in [6, 6.07) is 20.6. The molecule has 2 aromatic rings. The first-order valence-corrected chi connectivity index (χ1v) is 10.0. The van der Waals surface area contributed by atoms with Crippen LogP contribution in [0.4, 0.5) is 0 Å². The van der Waals surface area contributed by atoms with Gasteiger partial charge in [-0.2, -0.15) is 0 Å². The molecule has 1 heterocycles. The van der Waals surface area contributed by atoms with E-state index in [9.17, 15) is 4.79 Å². The highest BCUT2D eigenvalue weighted by Gasteiger charge is 2.42. The molecule has 1 aliphatic heterocycles. The van der Waals surface area contributed by atoms with Crippen molar-refractivity contribution in [2.75, 3.05) is 13.2 Å². The number of benzene rings is 2. The number of likely N-dealkylation sites (tertiary alicyclic amines) is 1. The Bertz CT molecular complexity index is 714. The minimum Gasteiger partial charge on any atom is -0.376 e. The highest BCUT2D eigenvalue weighted by atomic mass is 16.5. The average molecular weight is 366 g/mol. The predicted molar refractivity (Wildman–Crippen MR) is 109 cm³/mol. The molecule has 3 nitrogen and oxygen atoms in total. The first-order chi connectivity index (χ1) is 13.1. The lowest BCUT2D eigenvalue weighted by molar-refractivity contribution is -0.133. The van der Waals surface area contributed by atoms with Crippen LogP contribution in [-0.2, 0) is 16.1 Å². The van der Waals surface area contributed by atoms with Gasteiger partial charge in [0.05, 0.1) is 19.3 Å². The van der Waals surface area contributed by atoms with Gasteiger partial charge >= 0.3 is 0 Å². The second kappa shape index (κ2) is 9.18. The van der Waals surface area contributed by atoms with Crippen molar-refractivity contribution in [1.82, 2.24) is 4.90 Å². The maximum atomic E-state index is 13.2. The molecule has 0 N–H and O–H groups in total. The summed E-state index contributed by atoms with van der Waals surface area (Å²) < 4.78 is 6.02. The van der Waals surface area contributed by atoms with Gasteiger partial charge in [-0.05, 0) is 30.4 Å². The monoisotopic (exact) mass is 365 g/mol. The number of hydrogen-bond acceptors (Lipinski definition) is 2. The lowest BCUT2D eigenvalue weighted by Gasteiger charge is -2.25. The fourth-order valence-corrected chi connectivity index (χ4v) is 4.02. The lowest BCUT2D eigenvalue weighted by atomic mass is 9.88. The van der Waals surface area contributed by atoms with E-state index in [1.165, 1.54) is 11.1 Å². The van der Waals surface area contributed by atoms with Gasteiger partial charge in [0.15, 0.2) is 0 Å². The molecular weight excluding hydrogens is 334 g/mol. The highest BCUT2D eigenvalue weighted by Crippen LogP contribution is 2.35. The van der Waals surface area contributed by atoms with Gasteiger partial charge in [-0.1, -0.05) is 74.5 Å². The molecule has 144 valence electrons. The summed E-state index contributed by atoms with van der Waals surface area (Å²) in [4.78, 5) is 15.2. The van der Waals surface area contributed by atoms with Crippen LogP contribution >= 0.6 is 0 Å². The number of rotatable bonds is 8. The number of hydrogen-bond donors (Lipinski definition) is 0. The van der Waals surface area contributed by atoms with Crippen molar-refractivity contribution in [2.24, 2.45) is 17.8 Å². The molecular formula is C24H31NO2. The van der Waals surface area contributed by atoms with Crippen molar-refractivity contribution < 1.29 is 9.53 Å². The van der Waals surface area contributed by atoms with E-state index < -0.39 is 0 Å². The maximum Gasteiger partial charge on any atom is 0.226 e. The van der Waals surface area contributed by atoms with Crippen LogP contribution in [0.5, 0.6) is 0 Å². The molecule has 1 saturated heterocycles. The molecule has 1 amide bonds. The molecule has 0 saturated carbocycles. The molecule has 2 aromatic carbocycles. The van der Waals surface area contributed by atoms with E-state index >= 15 is 0 Å². The molecule has 3 rings (SSSR count). The van der Waals surface area contributed by atoms with Gasteiger partial charge in [-0.3, -0.25) is 4.79 Å². The van der Waals surface area contributed by atoms with E-state index in [1.54, 1.807) is 0 Å². The van der Waals surface area contributed by atoms with Gasteiger partial charge in [0.1, 0.15) is 0 Å². The Balaban J connectivity index is 1.66. The largest absolute Gasteiger partial charge is 0.376 e. The van der Waals surface area contributed by atoms with Crippen molar-refractivity contribution in [3.05, 3.63) is 71.8 Å². The first kappa shape index (κ1) is 19.6. The van der Waals surface area contributed by atoms with E-state index in [4.69, 9.17) is 4.74 Å². The number of ether oxygens (including phenoxy) is 1. The second-order valence-electron chi connectivity index (χ2n) is 8.07. The minimum absolute atomic E-state index is 0.0620. The third-order valence-corrected chi connectivity index (χ3v) is 5.52. The van der Waals surface area contributed by atoms with Crippen molar-refractivity contribution in [2.45, 2.75) is 39.8 Å². The molecule has 3 atom stereocenters. The first-order valence-electron chi connectivity index (χ1n) is 10.0. The lowest BCUT2D eigenvalue weighted by Crippen LogP contribution is -2.30. The van der Waals surface area contributed by atoms with Crippen molar-refractivity contribution >= 4 is 5.91 Å². The Hall–Kier alpha value is -2.13. The van der Waals surface area contributed by atoms with E-state index in [2.05, 4.69) is 49.9 Å². The fourth-order valence-electron chi connectivity index (χ4n) is 4.02. The Labute approximate surface area is 163 Å². The van der Waals surface area contributed by atoms with Crippen LogP contribution < -0.4 is 0 Å². The van der Waals surface area contributed by atoms with E-state index in [-0.39, 0.29) is 23.8 Å². The van der Waals surface area contributed by atoms with Crippen LogP contribution in [-0.4, -0.2) is 24.0 Å². The van der Waals surface area contributed by atoms with Crippen LogP contribution in [0.1, 0.15) is 44.4 Å². The summed E-state index contributed by atoms with van der Waals surface area (Å²) in [6.07, 6.45) is 0.927. The minimum atomic E-state index is 0.0620. The van der Waals surface area contributed by atoms with Crippen LogP contribution in [0.3, 0.4) is 0 Å². The average Bonchev–Trinajstić information content (AvgIpc) is 2.98. The Kier molecular flexibility index (Phi) is 6.68. The molecule has 0 unspecified atom stereocenters. The standard InChI is InChI=1S/C24H31NO2/c1-18(2)14-23-22(17-27-16-20-10-6-4-7-11-20)15-25(24(23)26)19(3)21-12-8-5-9-13-21/h4-13,18-19,22-23H,14-17H2,1-3H3/t19-,22-,23-/m0/s1. The number of nitrogens with zero attached hydrogens (tertiary/aromatic N) is 1. The smallest absolute Gasteiger partial charge is 0.226 e. The van der Waals surface area contributed by atoms with Gasteiger partial charge in [-0.15, -0.1) is 0 Å². The molecule has 3 heteroatoms. The van der Waals surface area contributed by atoms with Crippen LogP contribution in [0.15, 0.2) is 60.7 Å². The molecule has 27 heavy (non-hydrogen) atoms. The van der Waals surface area contributed by atoms with Crippen LogP contribution in [0, 0.1) is 17.8 Å². The second-order valence-corrected chi connectivity index (χ2v) is 8.07. The van der Waals surface area contributed by atoms with E-state index in [0.29, 0.717) is 19.1 Å². The van der Waals surface area contributed by atoms with Gasteiger partial charge in [0, 0.05) is 18.4 Å². The van der Waals surface area contributed by atoms with Crippen LogP contribution in [0.2, 0.25) is 0 Å². The maximum absolute atomic E-state index is 13.2. The van der Waals surface area contributed by atoms with E-state index in [0.717, 1.165) is 13.0 Å². The molecule has 1 aliphatic rings. The Morgan fingerprint density at radius 3 is 2.26 bits per heavy atom. The third kappa shape index (κ3) is 4.98. The van der Waals surface area contributed by atoms with Crippen molar-refractivity contribution in [1.29, 1.82) is 0 Å². The summed E-state index contributed by atoms with van der Waals surface area (Å²) in [5.74, 6) is 1.11. The van der Waals surface area contributed by atoms with Crippen molar-refractivity contribution in [3.8, 4) is 0 Å². The molecule has 1 fully saturated rings. The topological polar surface area (TPSA) is 29.5 Å². The normalized spacial score (nSPS) is 21.0. The summed E-state index contributed by atoms with van der Waals surface area (Å²) >= 11 is 0. The summed E-state index contributed by atoms with van der Waals surface area (Å²) in [5.41, 5.74) is 2.37. The zero-order valence-electron chi connectivity index (χ0n) is 16.7. The Morgan fingerprint density at radius 1 is 1.00 bits per heavy atom. The zero-order chi connectivity index (χ0) is 19.2. The third-order valence-electron chi connectivity index (χ3n) is 5.52. The predicted octanol–water partition coefficient (Wildman–Crippen LogP) is 5.09. The molecule has 0 aromatic heterocycles. The van der Waals surface area contributed by atoms with E-state index in [1.807, 2.05) is 36.4 Å². The van der Waals surface area contributed by atoms with Gasteiger partial charge in [-0.25, -0.2) is 0 Å². The number of amides is 1. The number of carbonyl (C=O) groups excluding carboxylic acids is 1. The molecule has 0 aliphatic carbocycles. The molecule has 0 bridgehead atoms. The molecule has 0 radical (unpaired) electrons. The van der Waals surface area contributed by atoms with Gasteiger partial charge < -0.3 is 9.64 Å².